The molecule has 0 aliphatic rings. The van der Waals surface area contributed by atoms with Gasteiger partial charge in [-0.1, -0.05) is 19.9 Å². The predicted molar refractivity (Wildman–Crippen MR) is 72.7 cm³/mol. The first-order valence-electron chi connectivity index (χ1n) is 5.57. The predicted octanol–water partition coefficient (Wildman–Crippen LogP) is 2.05. The van der Waals surface area contributed by atoms with Gasteiger partial charge in [0.25, 0.3) is 5.69 Å². The third-order valence-electron chi connectivity index (χ3n) is 2.72. The van der Waals surface area contributed by atoms with Crippen molar-refractivity contribution in [1.82, 2.24) is 0 Å². The van der Waals surface area contributed by atoms with E-state index in [1.54, 1.807) is 0 Å². The lowest BCUT2D eigenvalue weighted by molar-refractivity contribution is -0.385. The van der Waals surface area contributed by atoms with Crippen LogP contribution in [-0.2, 0) is 16.4 Å². The highest BCUT2D eigenvalue weighted by Crippen LogP contribution is 2.26. The second kappa shape index (κ2) is 5.85. The highest BCUT2D eigenvalue weighted by molar-refractivity contribution is 7.89. The van der Waals surface area contributed by atoms with Crippen LogP contribution < -0.4 is 5.14 Å². The lowest BCUT2D eigenvalue weighted by atomic mass is 10.0. The molecular weight excluding hydrogens is 292 g/mol. The van der Waals surface area contributed by atoms with Crippen molar-refractivity contribution in [2.24, 2.45) is 11.1 Å². The van der Waals surface area contributed by atoms with E-state index in [0.717, 1.165) is 6.07 Å². The summed E-state index contributed by atoms with van der Waals surface area (Å²) in [6.07, 6.45) is 0.292. The van der Waals surface area contributed by atoms with E-state index < -0.39 is 14.9 Å². The van der Waals surface area contributed by atoms with E-state index in [9.17, 15) is 18.5 Å². The van der Waals surface area contributed by atoms with Crippen LogP contribution >= 0.6 is 11.6 Å². The number of hydrogen-bond acceptors (Lipinski definition) is 4. The molecule has 1 aromatic rings. The Bertz CT molecular complexity index is 586. The van der Waals surface area contributed by atoms with Gasteiger partial charge in [-0.3, -0.25) is 10.1 Å². The van der Waals surface area contributed by atoms with Gasteiger partial charge in [0.1, 0.15) is 0 Å². The molecule has 0 aliphatic heterocycles. The molecule has 1 atom stereocenters. The van der Waals surface area contributed by atoms with Crippen molar-refractivity contribution in [3.8, 4) is 0 Å². The Morgan fingerprint density at radius 3 is 2.42 bits per heavy atom. The smallest absolute Gasteiger partial charge is 0.258 e. The van der Waals surface area contributed by atoms with Crippen molar-refractivity contribution >= 4 is 27.3 Å². The molecule has 0 saturated heterocycles. The molecule has 0 aliphatic carbocycles. The van der Waals surface area contributed by atoms with Gasteiger partial charge < -0.3 is 0 Å². The van der Waals surface area contributed by atoms with E-state index in [0.29, 0.717) is 12.0 Å². The topological polar surface area (TPSA) is 103 Å². The van der Waals surface area contributed by atoms with Gasteiger partial charge in [-0.15, -0.1) is 11.6 Å². The van der Waals surface area contributed by atoms with Gasteiger partial charge in [0, 0.05) is 17.0 Å². The van der Waals surface area contributed by atoms with E-state index >= 15 is 0 Å². The molecule has 0 radical (unpaired) electrons. The quantitative estimate of drug-likeness (QED) is 0.510. The molecule has 0 fully saturated rings. The maximum atomic E-state index is 11.2. The molecule has 106 valence electrons. The number of nitro benzene ring substituents is 1. The molecule has 0 spiro atoms. The van der Waals surface area contributed by atoms with Gasteiger partial charge in [-0.05, 0) is 18.4 Å². The van der Waals surface area contributed by atoms with Gasteiger partial charge in [0.05, 0.1) is 9.82 Å². The molecule has 1 rings (SSSR count). The van der Waals surface area contributed by atoms with E-state index in [-0.39, 0.29) is 21.9 Å². The minimum atomic E-state index is -3.96. The highest BCUT2D eigenvalue weighted by Gasteiger charge is 2.21. The molecule has 6 nitrogen and oxygen atoms in total. The van der Waals surface area contributed by atoms with Crippen LogP contribution in [0.15, 0.2) is 23.1 Å². The van der Waals surface area contributed by atoms with Crippen LogP contribution in [0.2, 0.25) is 0 Å². The summed E-state index contributed by atoms with van der Waals surface area (Å²) in [5, 5.41) is 15.7. The molecule has 1 unspecified atom stereocenters. The van der Waals surface area contributed by atoms with Crippen LogP contribution in [0.1, 0.15) is 19.4 Å². The fourth-order valence-electron chi connectivity index (χ4n) is 1.51. The van der Waals surface area contributed by atoms with Gasteiger partial charge in [0.2, 0.25) is 10.0 Å². The lowest BCUT2D eigenvalue weighted by Gasteiger charge is -2.13. The van der Waals surface area contributed by atoms with Crippen LogP contribution in [0, 0.1) is 16.0 Å². The first kappa shape index (κ1) is 15.9. The Morgan fingerprint density at radius 2 is 2.00 bits per heavy atom. The Hall–Kier alpha value is -1.18. The second-order valence-corrected chi connectivity index (χ2v) is 6.68. The maximum Gasteiger partial charge on any atom is 0.273 e. The van der Waals surface area contributed by atoms with Crippen molar-refractivity contribution < 1.29 is 13.3 Å². The molecule has 1 aromatic carbocycles. The third-order valence-corrected chi connectivity index (χ3v) is 4.29. The van der Waals surface area contributed by atoms with Crippen molar-refractivity contribution in [3.05, 3.63) is 33.9 Å². The van der Waals surface area contributed by atoms with Gasteiger partial charge in [-0.25, -0.2) is 13.6 Å². The molecule has 0 saturated carbocycles. The Balaban J connectivity index is 3.24. The second-order valence-electron chi connectivity index (χ2n) is 4.56. The summed E-state index contributed by atoms with van der Waals surface area (Å²) in [5.74, 6) is 0.152. The molecule has 19 heavy (non-hydrogen) atoms. The van der Waals surface area contributed by atoms with Crippen molar-refractivity contribution in [1.29, 1.82) is 0 Å². The van der Waals surface area contributed by atoms with Gasteiger partial charge in [0.15, 0.2) is 0 Å². The maximum absolute atomic E-state index is 11.2. The van der Waals surface area contributed by atoms with Crippen molar-refractivity contribution in [2.45, 2.75) is 30.5 Å². The number of benzene rings is 1. The number of nitrogens with zero attached hydrogens (tertiary/aromatic N) is 1. The molecule has 2 N–H and O–H groups in total. The number of primary sulfonamides is 1. The summed E-state index contributed by atoms with van der Waals surface area (Å²) in [4.78, 5) is 10.1. The molecule has 0 amide bonds. The van der Waals surface area contributed by atoms with Crippen molar-refractivity contribution in [2.75, 3.05) is 0 Å². The largest absolute Gasteiger partial charge is 0.273 e. The SMILES string of the molecule is CC(C)C(Cl)Cc1ccc(S(N)(=O)=O)cc1[N+](=O)[O-]. The van der Waals surface area contributed by atoms with Crippen LogP contribution in [0.25, 0.3) is 0 Å². The van der Waals surface area contributed by atoms with Gasteiger partial charge in [-0.2, -0.15) is 0 Å². The molecule has 0 aromatic heterocycles. The summed E-state index contributed by atoms with van der Waals surface area (Å²) < 4.78 is 22.4. The molecular formula is C11H15ClN2O4S. The summed E-state index contributed by atoms with van der Waals surface area (Å²) >= 11 is 6.09. The fourth-order valence-corrected chi connectivity index (χ4v) is 2.21. The van der Waals surface area contributed by atoms with Crippen molar-refractivity contribution in [3.63, 3.8) is 0 Å². The molecule has 8 heteroatoms. The van der Waals surface area contributed by atoms with E-state index in [2.05, 4.69) is 0 Å². The number of rotatable bonds is 5. The van der Waals surface area contributed by atoms with E-state index in [1.165, 1.54) is 12.1 Å². The summed E-state index contributed by atoms with van der Waals surface area (Å²) in [6, 6.07) is 3.60. The standard InChI is InChI=1S/C11H15ClN2O4S/c1-7(2)10(12)5-8-3-4-9(19(13,17)18)6-11(8)14(15)16/h3-4,6-7,10H,5H2,1-2H3,(H2,13,17,18). The number of nitro groups is 1. The highest BCUT2D eigenvalue weighted by atomic mass is 35.5. The number of hydrogen-bond donors (Lipinski definition) is 1. The zero-order chi connectivity index (χ0) is 14.8. The average molecular weight is 307 g/mol. The lowest BCUT2D eigenvalue weighted by Crippen LogP contribution is -2.15. The molecule has 0 heterocycles. The number of alkyl halides is 1. The zero-order valence-electron chi connectivity index (χ0n) is 10.5. The average Bonchev–Trinajstić information content (AvgIpc) is 2.27. The molecule has 0 bridgehead atoms. The number of nitrogens with two attached hydrogens (primary N) is 1. The third kappa shape index (κ3) is 4.15. The van der Waals surface area contributed by atoms with Crippen LogP contribution in [0.3, 0.4) is 0 Å². The summed E-state index contributed by atoms with van der Waals surface area (Å²) in [7, 11) is -3.96. The minimum absolute atomic E-state index is 0.152. The first-order chi connectivity index (χ1) is 8.62. The normalized spacial score (nSPS) is 13.5. The van der Waals surface area contributed by atoms with Crippen LogP contribution in [0.4, 0.5) is 5.69 Å². The van der Waals surface area contributed by atoms with Crippen LogP contribution in [-0.4, -0.2) is 18.7 Å². The summed E-state index contributed by atoms with van der Waals surface area (Å²) in [5.41, 5.74) is 0.115. The zero-order valence-corrected chi connectivity index (χ0v) is 12.1. The van der Waals surface area contributed by atoms with Gasteiger partial charge >= 0.3 is 0 Å². The Morgan fingerprint density at radius 1 is 1.42 bits per heavy atom. The fraction of sp³-hybridized carbons (Fsp3) is 0.455. The minimum Gasteiger partial charge on any atom is -0.258 e. The van der Waals surface area contributed by atoms with E-state index in [4.69, 9.17) is 16.7 Å². The van der Waals surface area contributed by atoms with E-state index in [1.807, 2.05) is 13.8 Å². The first-order valence-corrected chi connectivity index (χ1v) is 7.55. The number of halogens is 1. The monoisotopic (exact) mass is 306 g/mol. The summed E-state index contributed by atoms with van der Waals surface area (Å²) in [6.45, 7) is 3.81. The Kier molecular flexibility index (Phi) is 4.89. The van der Waals surface area contributed by atoms with Crippen LogP contribution in [0.5, 0.6) is 0 Å². The number of sulfonamides is 1. The Labute approximate surface area is 116 Å².